The molecule has 3 N–H and O–H groups in total. The highest BCUT2D eigenvalue weighted by atomic mass is 16.3. The van der Waals surface area contributed by atoms with Gasteiger partial charge in [-0.1, -0.05) is 18.2 Å². The maximum atomic E-state index is 12.0. The minimum atomic E-state index is -0.206. The number of nitrogens with one attached hydrogen (secondary N) is 2. The Morgan fingerprint density at radius 1 is 1.29 bits per heavy atom. The van der Waals surface area contributed by atoms with Crippen LogP contribution in [0, 0.1) is 5.41 Å². The van der Waals surface area contributed by atoms with E-state index in [1.807, 2.05) is 49.3 Å². The fourth-order valence-electron chi connectivity index (χ4n) is 2.68. The van der Waals surface area contributed by atoms with Gasteiger partial charge in [0.15, 0.2) is 0 Å². The number of nitrogens with zero attached hydrogens (tertiary/aromatic N) is 2. The van der Waals surface area contributed by atoms with Crippen molar-refractivity contribution >= 4 is 22.8 Å². The van der Waals surface area contributed by atoms with Crippen molar-refractivity contribution in [3.63, 3.8) is 0 Å². The predicted octanol–water partition coefficient (Wildman–Crippen LogP) is 1.87. The van der Waals surface area contributed by atoms with E-state index in [1.54, 1.807) is 0 Å². The number of urea groups is 1. The van der Waals surface area contributed by atoms with Crippen molar-refractivity contribution in [2.45, 2.75) is 19.4 Å². The summed E-state index contributed by atoms with van der Waals surface area (Å²) in [4.78, 5) is 18.6. The lowest BCUT2D eigenvalue weighted by Gasteiger charge is -2.16. The van der Waals surface area contributed by atoms with Crippen LogP contribution in [0.4, 0.5) is 10.6 Å². The van der Waals surface area contributed by atoms with E-state index in [0.717, 1.165) is 35.1 Å². The van der Waals surface area contributed by atoms with Crippen molar-refractivity contribution in [3.05, 3.63) is 35.9 Å². The number of fused-ring (bicyclic) bond motifs is 1. The van der Waals surface area contributed by atoms with E-state index >= 15 is 0 Å². The van der Waals surface area contributed by atoms with E-state index in [1.165, 1.54) is 0 Å². The zero-order valence-electron chi connectivity index (χ0n) is 14.2. The summed E-state index contributed by atoms with van der Waals surface area (Å²) < 4.78 is 0. The number of amides is 2. The number of para-hydroxylation sites is 1. The number of hydrogen-bond acceptors (Lipinski definition) is 4. The molecule has 0 aliphatic heterocycles. The van der Waals surface area contributed by atoms with Crippen molar-refractivity contribution in [3.8, 4) is 0 Å². The van der Waals surface area contributed by atoms with Crippen LogP contribution >= 0.6 is 0 Å². The molecule has 128 valence electrons. The zero-order chi connectivity index (χ0) is 17.2. The highest BCUT2D eigenvalue weighted by Crippen LogP contribution is 2.44. The van der Waals surface area contributed by atoms with E-state index in [-0.39, 0.29) is 18.1 Å². The van der Waals surface area contributed by atoms with Gasteiger partial charge in [-0.3, -0.25) is 0 Å². The summed E-state index contributed by atoms with van der Waals surface area (Å²) in [6, 6.07) is 9.72. The molecule has 1 heterocycles. The van der Waals surface area contributed by atoms with Crippen LogP contribution in [0.3, 0.4) is 0 Å². The number of pyridine rings is 1. The van der Waals surface area contributed by atoms with Gasteiger partial charge in [0.05, 0.1) is 12.1 Å². The molecular weight excluding hydrogens is 304 g/mol. The zero-order valence-corrected chi connectivity index (χ0v) is 14.2. The van der Waals surface area contributed by atoms with E-state index in [4.69, 9.17) is 0 Å². The monoisotopic (exact) mass is 328 g/mol. The molecule has 1 fully saturated rings. The smallest absolute Gasteiger partial charge is 0.315 e. The number of carbonyl (C=O) groups excluding carboxylic acids is 1. The molecule has 1 aromatic heterocycles. The normalized spacial score (nSPS) is 15.1. The third kappa shape index (κ3) is 3.59. The number of hydrogen-bond donors (Lipinski definition) is 3. The van der Waals surface area contributed by atoms with Gasteiger partial charge in [-0.2, -0.15) is 0 Å². The van der Waals surface area contributed by atoms with Gasteiger partial charge in [0.1, 0.15) is 5.82 Å². The molecule has 0 bridgehead atoms. The number of rotatable bonds is 6. The van der Waals surface area contributed by atoms with E-state index in [9.17, 15) is 9.90 Å². The van der Waals surface area contributed by atoms with Gasteiger partial charge in [-0.15, -0.1) is 0 Å². The lowest BCUT2D eigenvalue weighted by Crippen LogP contribution is -2.39. The molecule has 0 atom stereocenters. The van der Waals surface area contributed by atoms with Crippen LogP contribution in [-0.2, 0) is 6.54 Å². The number of aromatic nitrogens is 1. The Kier molecular flexibility index (Phi) is 4.57. The maximum Gasteiger partial charge on any atom is 0.315 e. The molecule has 1 aliphatic carbocycles. The molecule has 1 saturated carbocycles. The van der Waals surface area contributed by atoms with Crippen LogP contribution in [0.2, 0.25) is 0 Å². The summed E-state index contributed by atoms with van der Waals surface area (Å²) in [5.41, 5.74) is 1.86. The summed E-state index contributed by atoms with van der Waals surface area (Å²) in [6.07, 6.45) is 1.95. The molecule has 1 aliphatic rings. The molecule has 6 heteroatoms. The van der Waals surface area contributed by atoms with Crippen molar-refractivity contribution < 1.29 is 9.90 Å². The second kappa shape index (κ2) is 6.65. The summed E-state index contributed by atoms with van der Waals surface area (Å²) >= 11 is 0. The predicted molar refractivity (Wildman–Crippen MR) is 95.1 cm³/mol. The van der Waals surface area contributed by atoms with Crippen molar-refractivity contribution in [2.24, 2.45) is 5.41 Å². The van der Waals surface area contributed by atoms with Crippen LogP contribution in [0.25, 0.3) is 10.9 Å². The third-order valence-electron chi connectivity index (χ3n) is 4.60. The average Bonchev–Trinajstić information content (AvgIpc) is 3.38. The molecule has 3 rings (SSSR count). The Bertz CT molecular complexity index is 741. The minimum Gasteiger partial charge on any atom is -0.396 e. The van der Waals surface area contributed by atoms with Gasteiger partial charge in [0.2, 0.25) is 0 Å². The number of aliphatic hydroxyl groups excluding tert-OH is 1. The van der Waals surface area contributed by atoms with Crippen molar-refractivity contribution in [2.75, 3.05) is 32.1 Å². The van der Waals surface area contributed by atoms with Crippen LogP contribution in [0.15, 0.2) is 30.3 Å². The standard InChI is InChI=1S/C18H24N4O2/c1-22(2)16-9-13(14-5-3-4-6-15(14)21-16)10-19-17(24)20-11-18(12-23)7-8-18/h3-6,9,23H,7-8,10-12H2,1-2H3,(H2,19,20,24). The van der Waals surface area contributed by atoms with Crippen LogP contribution < -0.4 is 15.5 Å². The number of anilines is 1. The molecule has 6 nitrogen and oxygen atoms in total. The topological polar surface area (TPSA) is 77.5 Å². The van der Waals surface area contributed by atoms with Crippen LogP contribution in [0.5, 0.6) is 0 Å². The van der Waals surface area contributed by atoms with E-state index in [0.29, 0.717) is 13.1 Å². The Balaban J connectivity index is 1.68. The second-order valence-corrected chi connectivity index (χ2v) is 6.75. The quantitative estimate of drug-likeness (QED) is 0.756. The molecule has 0 unspecified atom stereocenters. The van der Waals surface area contributed by atoms with Crippen molar-refractivity contribution in [1.29, 1.82) is 0 Å². The Morgan fingerprint density at radius 2 is 2.04 bits per heavy atom. The fraction of sp³-hybridized carbons (Fsp3) is 0.444. The lowest BCUT2D eigenvalue weighted by molar-refractivity contribution is 0.203. The summed E-state index contributed by atoms with van der Waals surface area (Å²) in [5, 5.41) is 16.1. The Labute approximate surface area is 141 Å². The maximum absolute atomic E-state index is 12.0. The average molecular weight is 328 g/mol. The fourth-order valence-corrected chi connectivity index (χ4v) is 2.68. The van der Waals surface area contributed by atoms with Gasteiger partial charge in [0.25, 0.3) is 0 Å². The molecule has 2 aromatic rings. The van der Waals surface area contributed by atoms with E-state index in [2.05, 4.69) is 15.6 Å². The molecule has 2 amide bonds. The largest absolute Gasteiger partial charge is 0.396 e. The lowest BCUT2D eigenvalue weighted by atomic mass is 10.1. The van der Waals surface area contributed by atoms with Crippen LogP contribution in [-0.4, -0.2) is 43.4 Å². The summed E-state index contributed by atoms with van der Waals surface area (Å²) in [6.45, 7) is 1.09. The highest BCUT2D eigenvalue weighted by Gasteiger charge is 2.42. The third-order valence-corrected chi connectivity index (χ3v) is 4.60. The number of benzene rings is 1. The highest BCUT2D eigenvalue weighted by molar-refractivity contribution is 5.84. The van der Waals surface area contributed by atoms with E-state index < -0.39 is 0 Å². The molecule has 1 aromatic carbocycles. The second-order valence-electron chi connectivity index (χ2n) is 6.75. The first-order chi connectivity index (χ1) is 11.5. The van der Waals surface area contributed by atoms with Gasteiger partial charge in [-0.25, -0.2) is 9.78 Å². The van der Waals surface area contributed by atoms with Gasteiger partial charge in [0, 0.05) is 38.0 Å². The molecule has 0 saturated heterocycles. The minimum absolute atomic E-state index is 0.0845. The SMILES string of the molecule is CN(C)c1cc(CNC(=O)NCC2(CO)CC2)c2ccccc2n1. The number of carbonyl (C=O) groups is 1. The first-order valence-corrected chi connectivity index (χ1v) is 8.22. The number of aliphatic hydroxyl groups is 1. The molecular formula is C18H24N4O2. The summed E-state index contributed by atoms with van der Waals surface area (Å²) in [5.74, 6) is 0.864. The van der Waals surface area contributed by atoms with Gasteiger partial charge >= 0.3 is 6.03 Å². The molecule has 0 spiro atoms. The van der Waals surface area contributed by atoms with Gasteiger partial charge in [-0.05, 0) is 30.5 Å². The Hall–Kier alpha value is -2.34. The first kappa shape index (κ1) is 16.5. The summed E-state index contributed by atoms with van der Waals surface area (Å²) in [7, 11) is 3.90. The molecule has 24 heavy (non-hydrogen) atoms. The van der Waals surface area contributed by atoms with Crippen molar-refractivity contribution in [1.82, 2.24) is 15.6 Å². The Morgan fingerprint density at radius 3 is 2.71 bits per heavy atom. The van der Waals surface area contributed by atoms with Gasteiger partial charge < -0.3 is 20.6 Å². The first-order valence-electron chi connectivity index (χ1n) is 8.22. The van der Waals surface area contributed by atoms with Crippen LogP contribution in [0.1, 0.15) is 18.4 Å². The molecule has 0 radical (unpaired) electrons.